The molecular formula is C83H162O17P2. The van der Waals surface area contributed by atoms with Gasteiger partial charge in [0.25, 0.3) is 0 Å². The van der Waals surface area contributed by atoms with Crippen LogP contribution in [0.15, 0.2) is 0 Å². The van der Waals surface area contributed by atoms with Crippen LogP contribution < -0.4 is 0 Å². The van der Waals surface area contributed by atoms with Crippen molar-refractivity contribution in [2.45, 2.75) is 452 Å². The first-order valence-electron chi connectivity index (χ1n) is 42.9. The van der Waals surface area contributed by atoms with Crippen molar-refractivity contribution in [3.05, 3.63) is 0 Å². The molecule has 17 nitrogen and oxygen atoms in total. The number of rotatable bonds is 81. The van der Waals surface area contributed by atoms with Gasteiger partial charge in [-0.15, -0.1) is 0 Å². The molecule has 0 aromatic heterocycles. The van der Waals surface area contributed by atoms with Crippen LogP contribution in [0.4, 0.5) is 0 Å². The van der Waals surface area contributed by atoms with Gasteiger partial charge in [-0.3, -0.25) is 37.3 Å². The summed E-state index contributed by atoms with van der Waals surface area (Å²) in [6.07, 6.45) is 62.7. The van der Waals surface area contributed by atoms with Crippen LogP contribution in [0.1, 0.15) is 434 Å². The number of carbonyl (C=O) groups excluding carboxylic acids is 4. The summed E-state index contributed by atoms with van der Waals surface area (Å²) in [6.45, 7) is 11.9. The van der Waals surface area contributed by atoms with Crippen LogP contribution in [0.2, 0.25) is 0 Å². The first-order chi connectivity index (χ1) is 49.3. The van der Waals surface area contributed by atoms with E-state index in [1.54, 1.807) is 0 Å². The van der Waals surface area contributed by atoms with Gasteiger partial charge in [0.05, 0.1) is 26.4 Å². The number of carbonyl (C=O) groups is 4. The molecule has 0 amide bonds. The number of aliphatic hydroxyl groups excluding tert-OH is 1. The molecule has 102 heavy (non-hydrogen) atoms. The number of phosphoric ester groups is 2. The minimum atomic E-state index is -4.96. The van der Waals surface area contributed by atoms with Gasteiger partial charge in [-0.1, -0.05) is 382 Å². The molecule has 0 saturated carbocycles. The van der Waals surface area contributed by atoms with E-state index in [9.17, 15) is 43.2 Å². The minimum absolute atomic E-state index is 0.104. The maximum atomic E-state index is 13.1. The van der Waals surface area contributed by atoms with E-state index in [0.717, 1.165) is 108 Å². The highest BCUT2D eigenvalue weighted by atomic mass is 31.2. The van der Waals surface area contributed by atoms with Crippen LogP contribution in [0, 0.1) is 17.8 Å². The lowest BCUT2D eigenvalue weighted by atomic mass is 9.99. The number of esters is 4. The Hall–Kier alpha value is -1.94. The molecule has 19 heteroatoms. The SMILES string of the molecule is CCCCCCCCCCCCCCCCCCCCCC(=O)OC[C@H](COP(=O)(O)OC[C@@H](O)COP(=O)(O)OC[C@@H](COC(=O)CCCCCCCCCC(C)C)OC(=O)CCCCCCCCCCC(C)CC)OC(=O)CCCCCCCCCCCCCCCCCCCCC(C)C. The van der Waals surface area contributed by atoms with Crippen molar-refractivity contribution in [3.63, 3.8) is 0 Å². The number of phosphoric acid groups is 2. The number of aliphatic hydroxyl groups is 1. The summed E-state index contributed by atoms with van der Waals surface area (Å²) in [5.41, 5.74) is 0. The zero-order valence-corrected chi connectivity index (χ0v) is 68.9. The van der Waals surface area contributed by atoms with E-state index in [2.05, 4.69) is 48.5 Å². The van der Waals surface area contributed by atoms with Crippen molar-refractivity contribution in [2.24, 2.45) is 17.8 Å². The first kappa shape index (κ1) is 100. The summed E-state index contributed by atoms with van der Waals surface area (Å²) in [7, 11) is -9.92. The Morgan fingerprint density at radius 1 is 0.284 bits per heavy atom. The Labute approximate surface area is 626 Å². The van der Waals surface area contributed by atoms with E-state index in [1.165, 1.54) is 238 Å². The molecule has 0 rings (SSSR count). The molecule has 0 fully saturated rings. The molecular weight excluding hydrogens is 1330 g/mol. The molecule has 0 bridgehead atoms. The molecule has 0 aliphatic rings. The third kappa shape index (κ3) is 74.9. The maximum Gasteiger partial charge on any atom is 0.472 e. The van der Waals surface area contributed by atoms with Crippen LogP contribution in [0.5, 0.6) is 0 Å². The summed E-state index contributed by atoms with van der Waals surface area (Å²) < 4.78 is 68.7. The Bertz CT molecular complexity index is 1980. The van der Waals surface area contributed by atoms with Crippen LogP contribution >= 0.6 is 15.6 Å². The Morgan fingerprint density at radius 2 is 0.500 bits per heavy atom. The fourth-order valence-corrected chi connectivity index (χ4v) is 14.4. The number of hydrogen-bond acceptors (Lipinski definition) is 15. The summed E-state index contributed by atoms with van der Waals surface area (Å²) in [5, 5.41) is 10.6. The molecule has 0 radical (unpaired) electrons. The lowest BCUT2D eigenvalue weighted by Gasteiger charge is -2.21. The molecule has 3 N–H and O–H groups in total. The highest BCUT2D eigenvalue weighted by Gasteiger charge is 2.30. The summed E-state index contributed by atoms with van der Waals surface area (Å²) >= 11 is 0. The van der Waals surface area contributed by atoms with Crippen molar-refractivity contribution in [1.82, 2.24) is 0 Å². The lowest BCUT2D eigenvalue weighted by Crippen LogP contribution is -2.30. The third-order valence-corrected chi connectivity index (χ3v) is 21.6. The first-order valence-corrected chi connectivity index (χ1v) is 45.9. The summed E-state index contributed by atoms with van der Waals surface area (Å²) in [6, 6.07) is 0. The largest absolute Gasteiger partial charge is 0.472 e. The van der Waals surface area contributed by atoms with Crippen molar-refractivity contribution in [2.75, 3.05) is 39.6 Å². The van der Waals surface area contributed by atoms with Gasteiger partial charge < -0.3 is 33.8 Å². The van der Waals surface area contributed by atoms with Gasteiger partial charge in [0, 0.05) is 25.7 Å². The normalized spacial score (nSPS) is 14.2. The third-order valence-electron chi connectivity index (χ3n) is 19.7. The number of ether oxygens (including phenoxy) is 4. The van der Waals surface area contributed by atoms with Gasteiger partial charge >= 0.3 is 39.5 Å². The summed E-state index contributed by atoms with van der Waals surface area (Å²) in [4.78, 5) is 73.0. The average molecular weight is 1490 g/mol. The zero-order valence-electron chi connectivity index (χ0n) is 67.1. The molecule has 0 aliphatic carbocycles. The van der Waals surface area contributed by atoms with E-state index < -0.39 is 97.5 Å². The molecule has 0 spiro atoms. The molecule has 6 atom stereocenters. The minimum Gasteiger partial charge on any atom is -0.462 e. The Balaban J connectivity index is 5.21. The standard InChI is InChI=1S/C83H162O17P2/c1-8-10-11-12-13-14-15-16-17-18-19-23-26-29-32-35-43-50-57-64-80(85)93-70-78(99-82(87)66-59-52-44-36-33-30-27-24-21-20-22-25-28-31-34-40-47-54-61-74(3)4)72-97-101(89,90)95-68-77(84)69-96-102(91,92)98-73-79(71-94-81(86)65-58-51-46-39-41-48-55-62-75(5)6)100-83(88)67-60-53-45-38-37-42-49-56-63-76(7)9-2/h74-79,84H,8-73H2,1-7H3,(H,89,90)(H,91,92)/t76?,77-,78-,79-/m1/s1. The van der Waals surface area contributed by atoms with E-state index >= 15 is 0 Å². The molecule has 0 saturated heterocycles. The molecule has 0 aromatic carbocycles. The summed E-state index contributed by atoms with van der Waals surface area (Å²) in [5.74, 6) is 0.183. The van der Waals surface area contributed by atoms with Crippen LogP contribution in [0.25, 0.3) is 0 Å². The molecule has 0 aliphatic heterocycles. The van der Waals surface area contributed by atoms with Crippen LogP contribution in [-0.2, 0) is 65.4 Å². The van der Waals surface area contributed by atoms with E-state index in [-0.39, 0.29) is 25.7 Å². The van der Waals surface area contributed by atoms with Gasteiger partial charge in [-0.25, -0.2) is 9.13 Å². The van der Waals surface area contributed by atoms with Gasteiger partial charge in [0.15, 0.2) is 12.2 Å². The maximum absolute atomic E-state index is 13.1. The predicted octanol–water partition coefficient (Wildman–Crippen LogP) is 24.9. The fourth-order valence-electron chi connectivity index (χ4n) is 12.8. The second kappa shape index (κ2) is 73.2. The fraction of sp³-hybridized carbons (Fsp3) is 0.952. The van der Waals surface area contributed by atoms with Crippen molar-refractivity contribution < 1.29 is 80.2 Å². The van der Waals surface area contributed by atoms with Gasteiger partial charge in [-0.2, -0.15) is 0 Å². The number of hydrogen-bond donors (Lipinski definition) is 3. The smallest absolute Gasteiger partial charge is 0.462 e. The lowest BCUT2D eigenvalue weighted by molar-refractivity contribution is -0.161. The predicted molar refractivity (Wildman–Crippen MR) is 418 cm³/mol. The van der Waals surface area contributed by atoms with Gasteiger partial charge in [0.1, 0.15) is 19.3 Å². The van der Waals surface area contributed by atoms with Crippen molar-refractivity contribution in [1.29, 1.82) is 0 Å². The zero-order chi connectivity index (χ0) is 75.1. The average Bonchev–Trinajstić information content (AvgIpc) is 0.905. The Kier molecular flexibility index (Phi) is 71.8. The van der Waals surface area contributed by atoms with Crippen molar-refractivity contribution in [3.8, 4) is 0 Å². The van der Waals surface area contributed by atoms with Gasteiger partial charge in [-0.05, 0) is 43.4 Å². The molecule has 0 heterocycles. The monoisotopic (exact) mass is 1490 g/mol. The second-order valence-electron chi connectivity index (χ2n) is 31.1. The van der Waals surface area contributed by atoms with Gasteiger partial charge in [0.2, 0.25) is 0 Å². The highest BCUT2D eigenvalue weighted by molar-refractivity contribution is 7.47. The molecule has 606 valence electrons. The topological polar surface area (TPSA) is 237 Å². The van der Waals surface area contributed by atoms with E-state index in [4.69, 9.17) is 37.0 Å². The number of unbranched alkanes of at least 4 members (excludes halogenated alkanes) is 48. The van der Waals surface area contributed by atoms with Crippen molar-refractivity contribution >= 4 is 39.5 Å². The molecule has 3 unspecified atom stereocenters. The van der Waals surface area contributed by atoms with E-state index in [0.29, 0.717) is 31.6 Å². The quantitative estimate of drug-likeness (QED) is 0.0222. The molecule has 0 aromatic rings. The highest BCUT2D eigenvalue weighted by Crippen LogP contribution is 2.45. The van der Waals surface area contributed by atoms with E-state index in [1.807, 2.05) is 0 Å². The van der Waals surface area contributed by atoms with Crippen LogP contribution in [0.3, 0.4) is 0 Å². The van der Waals surface area contributed by atoms with Crippen LogP contribution in [-0.4, -0.2) is 96.7 Å². The second-order valence-corrected chi connectivity index (χ2v) is 34.0. The Morgan fingerprint density at radius 3 is 0.745 bits per heavy atom.